The van der Waals surface area contributed by atoms with Gasteiger partial charge < -0.3 is 5.41 Å². The van der Waals surface area contributed by atoms with Crippen molar-refractivity contribution in [2.45, 2.75) is 12.8 Å². The molecule has 0 spiro atoms. The molecule has 0 fully saturated rings. The largest absolute Gasteiger partial charge is 0.302 e. The van der Waals surface area contributed by atoms with Gasteiger partial charge in [0.1, 0.15) is 0 Å². The van der Waals surface area contributed by atoms with Crippen LogP contribution in [0.25, 0.3) is 0 Å². The van der Waals surface area contributed by atoms with E-state index in [9.17, 15) is 10.1 Å². The summed E-state index contributed by atoms with van der Waals surface area (Å²) in [4.78, 5) is 11.0. The lowest BCUT2D eigenvalue weighted by Crippen LogP contribution is -1.91. The molecule has 5 heteroatoms. The van der Waals surface area contributed by atoms with Gasteiger partial charge in [0.25, 0.3) is 5.69 Å². The first kappa shape index (κ1) is 12.4. The Labute approximate surface area is 98.0 Å². The normalized spacial score (nSPS) is 9.75. The van der Waals surface area contributed by atoms with Gasteiger partial charge in [0, 0.05) is 12.1 Å². The molecule has 1 aromatic rings. The highest BCUT2D eigenvalue weighted by Crippen LogP contribution is 2.19. The van der Waals surface area contributed by atoms with Gasteiger partial charge in [0.15, 0.2) is 0 Å². The number of nitrogens with one attached hydrogen (secondary N) is 1. The van der Waals surface area contributed by atoms with E-state index in [2.05, 4.69) is 6.58 Å². The van der Waals surface area contributed by atoms with Gasteiger partial charge in [-0.15, -0.1) is 0 Å². The fraction of sp³-hybridized carbons (Fsp3) is 0.182. The maximum Gasteiger partial charge on any atom is 0.269 e. The fourth-order valence-electron chi connectivity index (χ4n) is 1.25. The van der Waals surface area contributed by atoms with E-state index >= 15 is 0 Å². The zero-order valence-corrected chi connectivity index (χ0v) is 9.50. The van der Waals surface area contributed by atoms with E-state index in [-0.39, 0.29) is 5.69 Å². The van der Waals surface area contributed by atoms with Crippen LogP contribution in [0.2, 0.25) is 0 Å². The molecule has 0 aliphatic heterocycles. The highest BCUT2D eigenvalue weighted by molar-refractivity contribution is 8.15. The first-order valence-corrected chi connectivity index (χ1v) is 5.58. The Kier molecular flexibility index (Phi) is 4.72. The smallest absolute Gasteiger partial charge is 0.269 e. The van der Waals surface area contributed by atoms with Crippen molar-refractivity contribution in [2.24, 2.45) is 0 Å². The summed E-state index contributed by atoms with van der Waals surface area (Å²) < 4.78 is 0. The van der Waals surface area contributed by atoms with Crippen molar-refractivity contribution in [1.82, 2.24) is 0 Å². The van der Waals surface area contributed by atoms with Gasteiger partial charge in [-0.05, 0) is 23.3 Å². The number of hydrogen-bond acceptors (Lipinski definition) is 4. The Morgan fingerprint density at radius 2 is 2.38 bits per heavy atom. The molecule has 0 saturated carbocycles. The van der Waals surface area contributed by atoms with Crippen LogP contribution >= 0.6 is 11.8 Å². The van der Waals surface area contributed by atoms with E-state index in [4.69, 9.17) is 5.41 Å². The number of non-ortho nitro benzene ring substituents is 1. The van der Waals surface area contributed by atoms with Crippen LogP contribution in [0.5, 0.6) is 0 Å². The number of rotatable bonds is 6. The van der Waals surface area contributed by atoms with E-state index in [1.54, 1.807) is 12.1 Å². The summed E-state index contributed by atoms with van der Waals surface area (Å²) in [7, 11) is 0. The van der Waals surface area contributed by atoms with Crippen molar-refractivity contribution in [3.05, 3.63) is 51.4 Å². The van der Waals surface area contributed by atoms with E-state index in [1.165, 1.54) is 23.4 Å². The van der Waals surface area contributed by atoms with Crippen molar-refractivity contribution < 1.29 is 4.92 Å². The predicted octanol–water partition coefficient (Wildman–Crippen LogP) is 3.38. The second kappa shape index (κ2) is 6.07. The standard InChI is InChI=1S/C11H12N2O2S/c1-9(16-8-12)5-6-10-3-2-4-11(7-10)13(14)15/h2-4,7-8,12H,1,5-6H2. The van der Waals surface area contributed by atoms with Gasteiger partial charge in [0.05, 0.1) is 10.5 Å². The van der Waals surface area contributed by atoms with Gasteiger partial charge in [-0.3, -0.25) is 10.1 Å². The van der Waals surface area contributed by atoms with Crippen LogP contribution in [-0.2, 0) is 6.42 Å². The van der Waals surface area contributed by atoms with E-state index < -0.39 is 4.92 Å². The molecule has 84 valence electrons. The lowest BCUT2D eigenvalue weighted by Gasteiger charge is -2.02. The Balaban J connectivity index is 2.60. The maximum absolute atomic E-state index is 10.5. The Morgan fingerprint density at radius 3 is 3.00 bits per heavy atom. The minimum Gasteiger partial charge on any atom is -0.302 e. The molecule has 0 amide bonds. The molecule has 0 saturated heterocycles. The summed E-state index contributed by atoms with van der Waals surface area (Å²) in [6.07, 6.45) is 1.43. The zero-order chi connectivity index (χ0) is 12.0. The Hall–Kier alpha value is -1.62. The first-order chi connectivity index (χ1) is 7.63. The number of hydrogen-bond donors (Lipinski definition) is 1. The van der Waals surface area contributed by atoms with Crippen molar-refractivity contribution in [3.8, 4) is 0 Å². The van der Waals surface area contributed by atoms with Crippen molar-refractivity contribution in [2.75, 3.05) is 0 Å². The first-order valence-electron chi connectivity index (χ1n) is 4.70. The number of nitrogens with zero attached hydrogens (tertiary/aromatic N) is 1. The molecular weight excluding hydrogens is 224 g/mol. The SMILES string of the molecule is C=C(CCc1cccc([N+](=O)[O-])c1)SC=N. The second-order valence-corrected chi connectivity index (χ2v) is 4.25. The van der Waals surface area contributed by atoms with Crippen molar-refractivity contribution >= 4 is 23.0 Å². The molecule has 0 heterocycles. The minimum atomic E-state index is -0.398. The summed E-state index contributed by atoms with van der Waals surface area (Å²) in [5, 5.41) is 17.4. The molecule has 16 heavy (non-hydrogen) atoms. The monoisotopic (exact) mass is 236 g/mol. The highest BCUT2D eigenvalue weighted by atomic mass is 32.2. The van der Waals surface area contributed by atoms with Gasteiger partial charge >= 0.3 is 0 Å². The Bertz CT molecular complexity index is 418. The number of thioether (sulfide) groups is 1. The average molecular weight is 236 g/mol. The predicted molar refractivity (Wildman–Crippen MR) is 66.9 cm³/mol. The molecule has 1 N–H and O–H groups in total. The van der Waals surface area contributed by atoms with Crippen LogP contribution in [0.4, 0.5) is 5.69 Å². The molecular formula is C11H12N2O2S. The molecule has 0 aliphatic rings. The number of allylic oxidation sites excluding steroid dienone is 1. The van der Waals surface area contributed by atoms with E-state index in [0.717, 1.165) is 16.9 Å². The van der Waals surface area contributed by atoms with Crippen LogP contribution in [-0.4, -0.2) is 10.5 Å². The topological polar surface area (TPSA) is 67.0 Å². The molecule has 0 bridgehead atoms. The zero-order valence-electron chi connectivity index (χ0n) is 8.68. The Morgan fingerprint density at radius 1 is 1.62 bits per heavy atom. The summed E-state index contributed by atoms with van der Waals surface area (Å²) in [5.74, 6) is 0. The van der Waals surface area contributed by atoms with Crippen LogP contribution in [0.15, 0.2) is 35.7 Å². The van der Waals surface area contributed by atoms with Gasteiger partial charge in [-0.1, -0.05) is 30.5 Å². The third-order valence-corrected chi connectivity index (χ3v) is 2.69. The van der Waals surface area contributed by atoms with Crippen molar-refractivity contribution in [1.29, 1.82) is 5.41 Å². The molecule has 0 aromatic heterocycles. The van der Waals surface area contributed by atoms with Crippen LogP contribution < -0.4 is 0 Å². The van der Waals surface area contributed by atoms with Gasteiger partial charge in [-0.25, -0.2) is 0 Å². The third kappa shape index (κ3) is 3.86. The molecule has 1 rings (SSSR count). The number of aryl methyl sites for hydroxylation is 1. The van der Waals surface area contributed by atoms with Crippen LogP contribution in [0.1, 0.15) is 12.0 Å². The van der Waals surface area contributed by atoms with E-state index in [1.807, 2.05) is 6.07 Å². The number of nitro benzene ring substituents is 1. The number of benzene rings is 1. The third-order valence-electron chi connectivity index (χ3n) is 2.04. The maximum atomic E-state index is 10.5. The molecule has 0 aliphatic carbocycles. The lowest BCUT2D eigenvalue weighted by atomic mass is 10.1. The van der Waals surface area contributed by atoms with E-state index in [0.29, 0.717) is 6.42 Å². The molecule has 0 atom stereocenters. The van der Waals surface area contributed by atoms with Crippen molar-refractivity contribution in [3.63, 3.8) is 0 Å². The molecule has 1 aromatic carbocycles. The van der Waals surface area contributed by atoms with Gasteiger partial charge in [-0.2, -0.15) is 0 Å². The summed E-state index contributed by atoms with van der Waals surface area (Å²) in [5.41, 5.74) is 2.26. The quantitative estimate of drug-likeness (QED) is 0.356. The highest BCUT2D eigenvalue weighted by Gasteiger charge is 2.05. The van der Waals surface area contributed by atoms with Crippen LogP contribution in [0.3, 0.4) is 0 Å². The second-order valence-electron chi connectivity index (χ2n) is 3.20. The summed E-state index contributed by atoms with van der Waals surface area (Å²) >= 11 is 1.27. The average Bonchev–Trinajstić information content (AvgIpc) is 2.27. The van der Waals surface area contributed by atoms with Crippen LogP contribution in [0, 0.1) is 15.5 Å². The molecule has 0 unspecified atom stereocenters. The number of nitro groups is 1. The summed E-state index contributed by atoms with van der Waals surface area (Å²) in [6.45, 7) is 3.79. The van der Waals surface area contributed by atoms with Gasteiger partial charge in [0.2, 0.25) is 0 Å². The molecule has 4 nitrogen and oxygen atoms in total. The lowest BCUT2D eigenvalue weighted by molar-refractivity contribution is -0.384. The summed E-state index contributed by atoms with van der Waals surface area (Å²) in [6, 6.07) is 6.59. The fourth-order valence-corrected chi connectivity index (χ4v) is 1.64. The minimum absolute atomic E-state index is 0.114. The molecule has 0 radical (unpaired) electrons.